The van der Waals surface area contributed by atoms with Crippen LogP contribution in [0, 0.1) is 3.57 Å². The van der Waals surface area contributed by atoms with Gasteiger partial charge in [0.05, 0.1) is 11.4 Å². The van der Waals surface area contributed by atoms with Crippen molar-refractivity contribution in [3.05, 3.63) is 56.6 Å². The Morgan fingerprint density at radius 2 is 1.89 bits per heavy atom. The summed E-state index contributed by atoms with van der Waals surface area (Å²) in [5.74, 6) is -0.818. The average Bonchev–Trinajstić information content (AvgIpc) is 2.34. The topological polar surface area (TPSA) is 37.3 Å². The Hall–Kier alpha value is -0.720. The highest BCUT2D eigenvalue weighted by molar-refractivity contribution is 14.1. The summed E-state index contributed by atoms with van der Waals surface area (Å²) in [6, 6.07) is 13.4. The van der Waals surface area contributed by atoms with Gasteiger partial charge in [0.2, 0.25) is 0 Å². The van der Waals surface area contributed by atoms with Gasteiger partial charge in [-0.05, 0) is 58.5 Å². The zero-order valence-corrected chi connectivity index (χ0v) is 13.5. The molecule has 2 aromatic rings. The van der Waals surface area contributed by atoms with E-state index in [1.807, 2.05) is 42.5 Å². The molecule has 0 atom stereocenters. The number of carboxylic acid groups (broad SMARTS) is 1. The summed E-state index contributed by atoms with van der Waals surface area (Å²) in [5.41, 5.74) is 0.797. The fourth-order valence-corrected chi connectivity index (χ4v) is 3.33. The molecule has 0 heterocycles. The molecular formula is C14H10ClIO2S. The number of benzene rings is 2. The lowest BCUT2D eigenvalue weighted by Gasteiger charge is -2.05. The summed E-state index contributed by atoms with van der Waals surface area (Å²) in [6.07, 6.45) is 0.0508. The first-order valence-electron chi connectivity index (χ1n) is 5.48. The van der Waals surface area contributed by atoms with Gasteiger partial charge in [0.15, 0.2) is 0 Å². The van der Waals surface area contributed by atoms with E-state index >= 15 is 0 Å². The normalized spacial score (nSPS) is 10.4. The molecule has 0 fully saturated rings. The lowest BCUT2D eigenvalue weighted by Crippen LogP contribution is -1.99. The Bertz CT molecular complexity index is 599. The first-order valence-corrected chi connectivity index (χ1v) is 7.75. The SMILES string of the molecule is O=C(O)Cc1ccc(Sc2ccc(I)cc2Cl)cc1. The summed E-state index contributed by atoms with van der Waals surface area (Å²) in [7, 11) is 0. The van der Waals surface area contributed by atoms with Gasteiger partial charge < -0.3 is 5.11 Å². The quantitative estimate of drug-likeness (QED) is 0.749. The number of carbonyl (C=O) groups is 1. The second-order valence-corrected chi connectivity index (χ2v) is 6.66. The molecule has 0 spiro atoms. The highest BCUT2D eigenvalue weighted by Crippen LogP contribution is 2.34. The van der Waals surface area contributed by atoms with E-state index in [9.17, 15) is 4.79 Å². The van der Waals surface area contributed by atoms with E-state index in [2.05, 4.69) is 22.6 Å². The van der Waals surface area contributed by atoms with Crippen LogP contribution < -0.4 is 0 Å². The van der Waals surface area contributed by atoms with E-state index < -0.39 is 5.97 Å². The zero-order valence-electron chi connectivity index (χ0n) is 9.77. The van der Waals surface area contributed by atoms with E-state index in [4.69, 9.17) is 16.7 Å². The van der Waals surface area contributed by atoms with Crippen molar-refractivity contribution in [1.29, 1.82) is 0 Å². The van der Waals surface area contributed by atoms with Gasteiger partial charge >= 0.3 is 5.97 Å². The second-order valence-electron chi connectivity index (χ2n) is 3.89. The van der Waals surface area contributed by atoms with Crippen LogP contribution >= 0.6 is 46.0 Å². The first-order chi connectivity index (χ1) is 9.04. The van der Waals surface area contributed by atoms with Gasteiger partial charge in [0.25, 0.3) is 0 Å². The van der Waals surface area contributed by atoms with Crippen molar-refractivity contribution in [1.82, 2.24) is 0 Å². The number of hydrogen-bond donors (Lipinski definition) is 1. The number of halogens is 2. The molecule has 0 aliphatic rings. The van der Waals surface area contributed by atoms with Gasteiger partial charge in [-0.1, -0.05) is 35.5 Å². The summed E-state index contributed by atoms with van der Waals surface area (Å²) >= 11 is 9.96. The monoisotopic (exact) mass is 404 g/mol. The standard InChI is InChI=1S/C14H10ClIO2S/c15-12-8-10(16)3-6-13(12)19-11-4-1-9(2-5-11)7-14(17)18/h1-6,8H,7H2,(H,17,18). The highest BCUT2D eigenvalue weighted by Gasteiger charge is 2.05. The molecule has 0 unspecified atom stereocenters. The Morgan fingerprint density at radius 3 is 2.47 bits per heavy atom. The van der Waals surface area contributed by atoms with Gasteiger partial charge in [-0.2, -0.15) is 0 Å². The molecule has 2 nitrogen and oxygen atoms in total. The number of carboxylic acids is 1. The minimum Gasteiger partial charge on any atom is -0.481 e. The van der Waals surface area contributed by atoms with Crippen molar-refractivity contribution in [3.63, 3.8) is 0 Å². The molecule has 0 radical (unpaired) electrons. The van der Waals surface area contributed by atoms with Gasteiger partial charge in [-0.25, -0.2) is 0 Å². The molecule has 1 N–H and O–H groups in total. The molecule has 2 rings (SSSR count). The molecule has 0 saturated carbocycles. The maximum absolute atomic E-state index is 10.6. The summed E-state index contributed by atoms with van der Waals surface area (Å²) < 4.78 is 1.10. The van der Waals surface area contributed by atoms with Crippen molar-refractivity contribution in [2.45, 2.75) is 16.2 Å². The molecule has 0 aliphatic carbocycles. The maximum atomic E-state index is 10.6. The predicted molar refractivity (Wildman–Crippen MR) is 86.1 cm³/mol. The minimum absolute atomic E-state index is 0.0508. The summed E-state index contributed by atoms with van der Waals surface area (Å²) in [6.45, 7) is 0. The van der Waals surface area contributed by atoms with Crippen molar-refractivity contribution < 1.29 is 9.90 Å². The smallest absolute Gasteiger partial charge is 0.307 e. The predicted octanol–water partition coefficient (Wildman–Crippen LogP) is 4.72. The second kappa shape index (κ2) is 6.63. The average molecular weight is 405 g/mol. The fourth-order valence-electron chi connectivity index (χ4n) is 1.53. The van der Waals surface area contributed by atoms with E-state index in [0.717, 1.165) is 23.9 Å². The van der Waals surface area contributed by atoms with Gasteiger partial charge in [-0.15, -0.1) is 0 Å². The third-order valence-corrected chi connectivity index (χ3v) is 4.58. The number of aliphatic carboxylic acids is 1. The van der Waals surface area contributed by atoms with Crippen LogP contribution in [-0.2, 0) is 11.2 Å². The molecule has 0 bridgehead atoms. The summed E-state index contributed by atoms with van der Waals surface area (Å²) in [4.78, 5) is 12.6. The van der Waals surface area contributed by atoms with Crippen LogP contribution in [0.15, 0.2) is 52.3 Å². The van der Waals surface area contributed by atoms with Crippen LogP contribution in [0.1, 0.15) is 5.56 Å². The van der Waals surface area contributed by atoms with Crippen molar-refractivity contribution in [2.24, 2.45) is 0 Å². The fraction of sp³-hybridized carbons (Fsp3) is 0.0714. The van der Waals surface area contributed by atoms with Crippen LogP contribution in [0.3, 0.4) is 0 Å². The molecule has 0 saturated heterocycles. The van der Waals surface area contributed by atoms with Gasteiger partial charge in [0.1, 0.15) is 0 Å². The largest absolute Gasteiger partial charge is 0.481 e. The third kappa shape index (κ3) is 4.40. The van der Waals surface area contributed by atoms with Crippen LogP contribution in [0.25, 0.3) is 0 Å². The van der Waals surface area contributed by atoms with Crippen LogP contribution in [-0.4, -0.2) is 11.1 Å². The number of rotatable bonds is 4. The molecule has 0 aliphatic heterocycles. The van der Waals surface area contributed by atoms with Crippen molar-refractivity contribution in [3.8, 4) is 0 Å². The molecule has 0 aromatic heterocycles. The third-order valence-electron chi connectivity index (χ3n) is 2.40. The van der Waals surface area contributed by atoms with Crippen molar-refractivity contribution in [2.75, 3.05) is 0 Å². The Balaban J connectivity index is 2.13. The lowest BCUT2D eigenvalue weighted by atomic mass is 10.2. The van der Waals surface area contributed by atoms with Gasteiger partial charge in [0, 0.05) is 13.4 Å². The Labute approximate surface area is 134 Å². The highest BCUT2D eigenvalue weighted by atomic mass is 127. The van der Waals surface area contributed by atoms with Crippen LogP contribution in [0.4, 0.5) is 0 Å². The first kappa shape index (κ1) is 14.7. The molecule has 0 amide bonds. The van der Waals surface area contributed by atoms with E-state index in [1.165, 1.54) is 0 Å². The number of hydrogen-bond acceptors (Lipinski definition) is 2. The maximum Gasteiger partial charge on any atom is 0.307 e. The molecule has 2 aromatic carbocycles. The zero-order chi connectivity index (χ0) is 13.8. The molecule has 5 heteroatoms. The van der Waals surface area contributed by atoms with Crippen LogP contribution in [0.2, 0.25) is 5.02 Å². The van der Waals surface area contributed by atoms with Crippen molar-refractivity contribution >= 4 is 51.9 Å². The molecular weight excluding hydrogens is 395 g/mol. The van der Waals surface area contributed by atoms with E-state index in [1.54, 1.807) is 11.8 Å². The van der Waals surface area contributed by atoms with E-state index in [0.29, 0.717) is 0 Å². The van der Waals surface area contributed by atoms with Gasteiger partial charge in [-0.3, -0.25) is 4.79 Å². The molecule has 19 heavy (non-hydrogen) atoms. The van der Waals surface area contributed by atoms with Crippen LogP contribution in [0.5, 0.6) is 0 Å². The minimum atomic E-state index is -0.818. The lowest BCUT2D eigenvalue weighted by molar-refractivity contribution is -0.136. The Morgan fingerprint density at radius 1 is 1.21 bits per heavy atom. The van der Waals surface area contributed by atoms with E-state index in [-0.39, 0.29) is 6.42 Å². The molecule has 98 valence electrons. The summed E-state index contributed by atoms with van der Waals surface area (Å²) in [5, 5.41) is 9.44. The Kier molecular flexibility index (Phi) is 5.13.